The molecule has 0 unspecified atom stereocenters. The minimum absolute atomic E-state index is 0.115. The number of carbonyl (C=O) groups is 2. The Bertz CT molecular complexity index is 1860. The number of fused-ring (bicyclic) bond motifs is 1. The first-order valence-electron chi connectivity index (χ1n) is 14.6. The van der Waals surface area contributed by atoms with Crippen LogP contribution >= 0.6 is 23.4 Å². The molecule has 0 radical (unpaired) electrons. The largest absolute Gasteiger partial charge is 0.497 e. The summed E-state index contributed by atoms with van der Waals surface area (Å²) in [5.41, 5.74) is 5.75. The van der Waals surface area contributed by atoms with E-state index in [2.05, 4.69) is 10.3 Å². The van der Waals surface area contributed by atoms with E-state index in [0.717, 1.165) is 33.5 Å². The highest BCUT2D eigenvalue weighted by atomic mass is 35.5. The number of ether oxygens (including phenoxy) is 2. The summed E-state index contributed by atoms with van der Waals surface area (Å²) in [7, 11) is 3.23. The zero-order valence-corrected chi connectivity index (χ0v) is 27.1. The summed E-state index contributed by atoms with van der Waals surface area (Å²) in [6.45, 7) is 2.09. The fourth-order valence-corrected chi connectivity index (χ4v) is 6.74. The molecule has 3 heterocycles. The first-order valence-corrected chi connectivity index (χ1v) is 16.0. The number of carbonyl (C=O) groups excluding carboxylic acids is 2. The maximum atomic E-state index is 14.1. The van der Waals surface area contributed by atoms with Crippen molar-refractivity contribution in [3.8, 4) is 28.4 Å². The van der Waals surface area contributed by atoms with Crippen molar-refractivity contribution < 1.29 is 19.1 Å². The lowest BCUT2D eigenvalue weighted by Gasteiger charge is -2.24. The number of pyridine rings is 1. The van der Waals surface area contributed by atoms with Gasteiger partial charge in [0.25, 0.3) is 0 Å². The number of halogens is 1. The highest BCUT2D eigenvalue weighted by Crippen LogP contribution is 2.51. The molecule has 11 heteroatoms. The van der Waals surface area contributed by atoms with Crippen LogP contribution in [0.1, 0.15) is 27.5 Å². The average Bonchev–Trinajstić information content (AvgIpc) is 3.40. The third-order valence-electron chi connectivity index (χ3n) is 7.72. The highest BCUT2D eigenvalue weighted by molar-refractivity contribution is 8.00. The van der Waals surface area contributed by atoms with Crippen LogP contribution in [-0.2, 0) is 16.1 Å². The molecule has 0 saturated carbocycles. The molecule has 6 rings (SSSR count). The van der Waals surface area contributed by atoms with E-state index in [0.29, 0.717) is 28.0 Å². The summed E-state index contributed by atoms with van der Waals surface area (Å²) in [6.07, 6.45) is 3.38. The number of amides is 2. The average molecular weight is 654 g/mol. The molecule has 0 fully saturated rings. The zero-order chi connectivity index (χ0) is 32.2. The number of thioether (sulfide) groups is 1. The Balaban J connectivity index is 1.56. The predicted molar refractivity (Wildman–Crippen MR) is 181 cm³/mol. The van der Waals surface area contributed by atoms with Gasteiger partial charge in [-0.1, -0.05) is 47.5 Å². The molecule has 1 atom stereocenters. The van der Waals surface area contributed by atoms with Gasteiger partial charge in [-0.05, 0) is 61.0 Å². The Kier molecular flexibility index (Phi) is 9.28. The second-order valence-corrected chi connectivity index (χ2v) is 12.3. The number of hydrogen-bond acceptors (Lipinski definition) is 7. The van der Waals surface area contributed by atoms with E-state index in [4.69, 9.17) is 26.2 Å². The molecule has 3 aromatic carbocycles. The summed E-state index contributed by atoms with van der Waals surface area (Å²) in [5.74, 6) is 1.39. The number of rotatable bonds is 9. The number of benzene rings is 3. The maximum Gasteiger partial charge on any atom is 0.240 e. The van der Waals surface area contributed by atoms with E-state index in [1.54, 1.807) is 36.2 Å². The standard InChI is InChI=1S/C35H32ClN5O4S/c1-22-6-12-26(13-7-22)41-35-32(33(39-41)24-8-10-25(36)11-9-24)34(28-17-27(44-2)14-15-29(28)45-3)46-21-31(43)40(35)20-30(42)38-19-23-5-4-16-37-18-23/h4-18,34H,19-21H2,1-3H3,(H,38,42)/t34-/m0/s1. The Hall–Kier alpha value is -4.80. The summed E-state index contributed by atoms with van der Waals surface area (Å²) in [6, 6.07) is 24.7. The third kappa shape index (κ3) is 6.45. The quantitative estimate of drug-likeness (QED) is 0.197. The van der Waals surface area contributed by atoms with Crippen LogP contribution in [-0.4, -0.2) is 53.1 Å². The number of anilines is 1. The summed E-state index contributed by atoms with van der Waals surface area (Å²) in [5, 5.41) is 8.28. The normalized spacial score (nSPS) is 14.4. The number of aryl methyl sites for hydroxylation is 1. The van der Waals surface area contributed by atoms with Crippen molar-refractivity contribution >= 4 is 41.0 Å². The Morgan fingerprint density at radius 2 is 1.83 bits per heavy atom. The number of methoxy groups -OCH3 is 2. The van der Waals surface area contributed by atoms with Crippen molar-refractivity contribution in [2.75, 3.05) is 31.4 Å². The minimum Gasteiger partial charge on any atom is -0.497 e. The smallest absolute Gasteiger partial charge is 0.240 e. The predicted octanol–water partition coefficient (Wildman–Crippen LogP) is 6.40. The van der Waals surface area contributed by atoms with E-state index in [1.165, 1.54) is 11.8 Å². The van der Waals surface area contributed by atoms with Crippen LogP contribution in [0.4, 0.5) is 5.82 Å². The first kappa shape index (κ1) is 31.2. The monoisotopic (exact) mass is 653 g/mol. The minimum atomic E-state index is -0.405. The van der Waals surface area contributed by atoms with Crippen LogP contribution in [0.3, 0.4) is 0 Å². The number of aromatic nitrogens is 3. The van der Waals surface area contributed by atoms with Crippen LogP contribution in [0, 0.1) is 6.92 Å². The van der Waals surface area contributed by atoms with Crippen molar-refractivity contribution in [1.82, 2.24) is 20.1 Å². The Labute approximate surface area is 276 Å². The van der Waals surface area contributed by atoms with Crippen molar-refractivity contribution in [3.63, 3.8) is 0 Å². The molecular formula is C35H32ClN5O4S. The second kappa shape index (κ2) is 13.7. The molecule has 0 bridgehead atoms. The molecular weight excluding hydrogens is 622 g/mol. The van der Waals surface area contributed by atoms with Gasteiger partial charge in [0.15, 0.2) is 0 Å². The van der Waals surface area contributed by atoms with Crippen molar-refractivity contribution in [2.45, 2.75) is 18.7 Å². The molecule has 1 aliphatic heterocycles. The van der Waals surface area contributed by atoms with Crippen molar-refractivity contribution in [3.05, 3.63) is 119 Å². The molecule has 0 aliphatic carbocycles. The lowest BCUT2D eigenvalue weighted by molar-refractivity contribution is -0.123. The van der Waals surface area contributed by atoms with Gasteiger partial charge in [-0.3, -0.25) is 19.5 Å². The highest BCUT2D eigenvalue weighted by Gasteiger charge is 2.39. The van der Waals surface area contributed by atoms with Gasteiger partial charge in [-0.15, -0.1) is 11.8 Å². The molecule has 234 valence electrons. The van der Waals surface area contributed by atoms with Gasteiger partial charge in [0, 0.05) is 40.7 Å². The molecule has 46 heavy (non-hydrogen) atoms. The zero-order valence-electron chi connectivity index (χ0n) is 25.6. The summed E-state index contributed by atoms with van der Waals surface area (Å²) in [4.78, 5) is 33.2. The molecule has 1 N–H and O–H groups in total. The van der Waals surface area contributed by atoms with E-state index < -0.39 is 5.25 Å². The van der Waals surface area contributed by atoms with Crippen molar-refractivity contribution in [1.29, 1.82) is 0 Å². The van der Waals surface area contributed by atoms with Crippen molar-refractivity contribution in [2.24, 2.45) is 0 Å². The number of nitrogens with one attached hydrogen (secondary N) is 1. The second-order valence-electron chi connectivity index (χ2n) is 10.8. The molecule has 0 spiro atoms. The molecule has 2 amide bonds. The van der Waals surface area contributed by atoms with Gasteiger partial charge >= 0.3 is 0 Å². The van der Waals surface area contributed by atoms with Gasteiger partial charge in [0.1, 0.15) is 23.9 Å². The maximum absolute atomic E-state index is 14.1. The summed E-state index contributed by atoms with van der Waals surface area (Å²) < 4.78 is 13.2. The van der Waals surface area contributed by atoms with Crippen LogP contribution in [0.25, 0.3) is 16.9 Å². The molecule has 1 aliphatic rings. The van der Waals surface area contributed by atoms with Gasteiger partial charge in [-0.25, -0.2) is 4.68 Å². The molecule has 9 nitrogen and oxygen atoms in total. The SMILES string of the molecule is COc1ccc(OC)c([C@@H]2SCC(=O)N(CC(=O)NCc3cccnc3)c3c2c(-c2ccc(Cl)cc2)nn3-c2ccc(C)cc2)c1. The lowest BCUT2D eigenvalue weighted by atomic mass is 9.98. The molecule has 0 saturated heterocycles. The van der Waals surface area contributed by atoms with Gasteiger partial charge in [0.2, 0.25) is 11.8 Å². The number of hydrogen-bond donors (Lipinski definition) is 1. The Morgan fingerprint density at radius 1 is 1.04 bits per heavy atom. The fourth-order valence-electron chi connectivity index (χ4n) is 5.40. The van der Waals surface area contributed by atoms with Crippen LogP contribution in [0.5, 0.6) is 11.5 Å². The van der Waals surface area contributed by atoms with Gasteiger partial charge in [-0.2, -0.15) is 5.10 Å². The van der Waals surface area contributed by atoms with Gasteiger partial charge < -0.3 is 14.8 Å². The molecule has 2 aromatic heterocycles. The summed E-state index contributed by atoms with van der Waals surface area (Å²) >= 11 is 7.75. The van der Waals surface area contributed by atoms with E-state index in [9.17, 15) is 9.59 Å². The number of nitrogens with zero attached hydrogens (tertiary/aromatic N) is 4. The van der Waals surface area contributed by atoms with Crippen LogP contribution in [0.15, 0.2) is 91.3 Å². The first-order chi connectivity index (χ1) is 22.4. The third-order valence-corrected chi connectivity index (χ3v) is 9.21. The van der Waals surface area contributed by atoms with E-state index in [-0.39, 0.29) is 30.7 Å². The van der Waals surface area contributed by atoms with Crippen LogP contribution in [0.2, 0.25) is 5.02 Å². The molecule has 5 aromatic rings. The van der Waals surface area contributed by atoms with Crippen LogP contribution < -0.4 is 19.7 Å². The topological polar surface area (TPSA) is 98.6 Å². The fraction of sp³-hybridized carbons (Fsp3) is 0.200. The van der Waals surface area contributed by atoms with E-state index in [1.807, 2.05) is 85.8 Å². The lowest BCUT2D eigenvalue weighted by Crippen LogP contribution is -2.42. The Morgan fingerprint density at radius 3 is 2.52 bits per heavy atom. The van der Waals surface area contributed by atoms with E-state index >= 15 is 0 Å². The van der Waals surface area contributed by atoms with Gasteiger partial charge in [0.05, 0.1) is 36.6 Å².